The van der Waals surface area contributed by atoms with Crippen molar-refractivity contribution in [3.63, 3.8) is 0 Å². The summed E-state index contributed by atoms with van der Waals surface area (Å²) in [5, 5.41) is 8.91. The summed E-state index contributed by atoms with van der Waals surface area (Å²) in [4.78, 5) is 11.6. The van der Waals surface area contributed by atoms with E-state index in [2.05, 4.69) is 0 Å². The Bertz CT molecular complexity index is 650. The zero-order valence-electron chi connectivity index (χ0n) is 11.6. The van der Waals surface area contributed by atoms with E-state index in [0.717, 1.165) is 5.56 Å². The van der Waals surface area contributed by atoms with Crippen LogP contribution < -0.4 is 4.74 Å². The molecular weight excluding hydrogens is 288 g/mol. The Balaban J connectivity index is 2.17. The van der Waals surface area contributed by atoms with E-state index in [0.29, 0.717) is 22.0 Å². The second kappa shape index (κ2) is 7.04. The summed E-state index contributed by atoms with van der Waals surface area (Å²) >= 11 is 0. The van der Waals surface area contributed by atoms with E-state index >= 15 is 0 Å². The van der Waals surface area contributed by atoms with Gasteiger partial charge in [-0.05, 0) is 35.4 Å². The highest BCUT2D eigenvalue weighted by Gasteiger charge is 2.11. The zero-order valence-corrected chi connectivity index (χ0v) is 12.4. The van der Waals surface area contributed by atoms with Gasteiger partial charge in [0.15, 0.2) is 0 Å². The second-order valence-corrected chi connectivity index (χ2v) is 5.96. The van der Waals surface area contributed by atoms with E-state index < -0.39 is 16.8 Å². The topological polar surface area (TPSA) is 63.6 Å². The fraction of sp³-hybridized carbons (Fsp3) is 0.188. The number of hydrogen-bond acceptors (Lipinski definition) is 3. The summed E-state index contributed by atoms with van der Waals surface area (Å²) in [6, 6.07) is 14.2. The third-order valence-electron chi connectivity index (χ3n) is 3.07. The van der Waals surface area contributed by atoms with Gasteiger partial charge >= 0.3 is 5.97 Å². The van der Waals surface area contributed by atoms with E-state index in [1.54, 1.807) is 43.5 Å². The molecule has 5 heteroatoms. The number of ether oxygens (including phenoxy) is 1. The van der Waals surface area contributed by atoms with Crippen LogP contribution in [0.25, 0.3) is 0 Å². The first kappa shape index (κ1) is 15.3. The molecule has 1 N–H and O–H groups in total. The van der Waals surface area contributed by atoms with Crippen molar-refractivity contribution in [3.05, 3.63) is 59.7 Å². The first-order valence-electron chi connectivity index (χ1n) is 6.41. The van der Waals surface area contributed by atoms with Crippen LogP contribution in [-0.4, -0.2) is 22.4 Å². The number of hydrogen-bond donors (Lipinski definition) is 1. The van der Waals surface area contributed by atoms with Gasteiger partial charge < -0.3 is 9.84 Å². The van der Waals surface area contributed by atoms with Crippen LogP contribution in [0, 0.1) is 0 Å². The van der Waals surface area contributed by atoms with Crippen molar-refractivity contribution < 1.29 is 18.8 Å². The molecule has 2 rings (SSSR count). The Hall–Kier alpha value is -2.14. The standard InChI is InChI=1S/C16H16O4S/c1-20-14-6-8-15(9-7-14)21(19)11-13-5-3-2-4-12(13)10-16(17)18/h2-9H,10-11H2,1H3,(H,17,18). The number of carboxylic acids is 1. The van der Waals surface area contributed by atoms with Crippen LogP contribution in [0.4, 0.5) is 0 Å². The van der Waals surface area contributed by atoms with E-state index in [4.69, 9.17) is 9.84 Å². The van der Waals surface area contributed by atoms with Crippen LogP contribution in [0.15, 0.2) is 53.4 Å². The molecule has 0 saturated carbocycles. The molecule has 1 atom stereocenters. The highest BCUT2D eigenvalue weighted by molar-refractivity contribution is 7.84. The molecule has 0 spiro atoms. The second-order valence-electron chi connectivity index (χ2n) is 4.50. The summed E-state index contributed by atoms with van der Waals surface area (Å²) in [6.07, 6.45) is -0.0595. The maximum absolute atomic E-state index is 12.4. The van der Waals surface area contributed by atoms with Crippen LogP contribution in [0.1, 0.15) is 11.1 Å². The Labute approximate surface area is 125 Å². The third-order valence-corrected chi connectivity index (χ3v) is 4.44. The van der Waals surface area contributed by atoms with E-state index in [1.807, 2.05) is 12.1 Å². The predicted octanol–water partition coefficient (Wildman–Crippen LogP) is 2.63. The molecule has 0 bridgehead atoms. The summed E-state index contributed by atoms with van der Waals surface area (Å²) in [5.41, 5.74) is 1.50. The van der Waals surface area contributed by atoms with Crippen molar-refractivity contribution >= 4 is 16.8 Å². The van der Waals surface area contributed by atoms with Gasteiger partial charge in [-0.15, -0.1) is 0 Å². The molecule has 0 aliphatic heterocycles. The quantitative estimate of drug-likeness (QED) is 0.891. The molecule has 2 aromatic carbocycles. The van der Waals surface area contributed by atoms with Gasteiger partial charge in [0.2, 0.25) is 0 Å². The van der Waals surface area contributed by atoms with Gasteiger partial charge in [-0.1, -0.05) is 24.3 Å². The fourth-order valence-electron chi connectivity index (χ4n) is 1.99. The molecule has 0 radical (unpaired) electrons. The third kappa shape index (κ3) is 4.16. The SMILES string of the molecule is COc1ccc(S(=O)Cc2ccccc2CC(=O)O)cc1. The summed E-state index contributed by atoms with van der Waals surface area (Å²) in [7, 11) is 0.359. The van der Waals surface area contributed by atoms with Gasteiger partial charge in [0.05, 0.1) is 30.1 Å². The van der Waals surface area contributed by atoms with Crippen molar-refractivity contribution in [1.82, 2.24) is 0 Å². The molecule has 110 valence electrons. The Morgan fingerprint density at radius 1 is 1.10 bits per heavy atom. The van der Waals surface area contributed by atoms with Crippen molar-refractivity contribution in [2.75, 3.05) is 7.11 Å². The number of methoxy groups -OCH3 is 1. The molecule has 0 aliphatic rings. The number of carboxylic acid groups (broad SMARTS) is 1. The van der Waals surface area contributed by atoms with Crippen LogP contribution in [0.3, 0.4) is 0 Å². The molecule has 2 aromatic rings. The van der Waals surface area contributed by atoms with Gasteiger partial charge in [-0.2, -0.15) is 0 Å². The van der Waals surface area contributed by atoms with E-state index in [1.165, 1.54) is 0 Å². The molecule has 0 aliphatic carbocycles. The minimum Gasteiger partial charge on any atom is -0.497 e. The first-order chi connectivity index (χ1) is 10.1. The molecule has 0 fully saturated rings. The van der Waals surface area contributed by atoms with Gasteiger partial charge in [0.25, 0.3) is 0 Å². The van der Waals surface area contributed by atoms with Gasteiger partial charge in [0, 0.05) is 4.90 Å². The molecule has 21 heavy (non-hydrogen) atoms. The van der Waals surface area contributed by atoms with Gasteiger partial charge in [-0.3, -0.25) is 9.00 Å². The van der Waals surface area contributed by atoms with Crippen LogP contribution in [0.2, 0.25) is 0 Å². The maximum atomic E-state index is 12.4. The van der Waals surface area contributed by atoms with E-state index in [9.17, 15) is 9.00 Å². The Morgan fingerprint density at radius 3 is 2.29 bits per heavy atom. The minimum absolute atomic E-state index is 0.0595. The Morgan fingerprint density at radius 2 is 1.71 bits per heavy atom. The fourth-order valence-corrected chi connectivity index (χ4v) is 3.16. The maximum Gasteiger partial charge on any atom is 0.307 e. The number of rotatable bonds is 6. The largest absolute Gasteiger partial charge is 0.497 e. The van der Waals surface area contributed by atoms with E-state index in [-0.39, 0.29) is 6.42 Å². The molecule has 0 aromatic heterocycles. The molecule has 0 heterocycles. The Kier molecular flexibility index (Phi) is 5.11. The van der Waals surface area contributed by atoms with Crippen LogP contribution in [0.5, 0.6) is 5.75 Å². The van der Waals surface area contributed by atoms with Crippen molar-refractivity contribution in [3.8, 4) is 5.75 Å². The smallest absolute Gasteiger partial charge is 0.307 e. The lowest BCUT2D eigenvalue weighted by Gasteiger charge is -2.08. The molecule has 0 amide bonds. The lowest BCUT2D eigenvalue weighted by atomic mass is 10.1. The van der Waals surface area contributed by atoms with Crippen molar-refractivity contribution in [2.45, 2.75) is 17.1 Å². The lowest BCUT2D eigenvalue weighted by molar-refractivity contribution is -0.136. The lowest BCUT2D eigenvalue weighted by Crippen LogP contribution is -2.05. The average Bonchev–Trinajstić information content (AvgIpc) is 2.49. The zero-order chi connectivity index (χ0) is 15.2. The first-order valence-corrected chi connectivity index (χ1v) is 7.73. The monoisotopic (exact) mass is 304 g/mol. The summed E-state index contributed by atoms with van der Waals surface area (Å²) < 4.78 is 17.4. The molecule has 0 saturated heterocycles. The highest BCUT2D eigenvalue weighted by Crippen LogP contribution is 2.19. The number of carbonyl (C=O) groups is 1. The van der Waals surface area contributed by atoms with Gasteiger partial charge in [0.1, 0.15) is 5.75 Å². The molecule has 1 unspecified atom stereocenters. The average molecular weight is 304 g/mol. The normalized spacial score (nSPS) is 11.9. The summed E-state index contributed by atoms with van der Waals surface area (Å²) in [5.74, 6) is 0.121. The summed E-state index contributed by atoms with van der Waals surface area (Å²) in [6.45, 7) is 0. The molecular formula is C16H16O4S. The van der Waals surface area contributed by atoms with Crippen LogP contribution in [-0.2, 0) is 27.8 Å². The number of aliphatic carboxylic acids is 1. The minimum atomic E-state index is -1.22. The molecule has 4 nitrogen and oxygen atoms in total. The van der Waals surface area contributed by atoms with Gasteiger partial charge in [-0.25, -0.2) is 0 Å². The van der Waals surface area contributed by atoms with Crippen LogP contribution >= 0.6 is 0 Å². The van der Waals surface area contributed by atoms with Crippen molar-refractivity contribution in [1.29, 1.82) is 0 Å². The predicted molar refractivity (Wildman–Crippen MR) is 80.9 cm³/mol. The van der Waals surface area contributed by atoms with Crippen molar-refractivity contribution in [2.24, 2.45) is 0 Å². The number of benzene rings is 2. The highest BCUT2D eigenvalue weighted by atomic mass is 32.2.